The van der Waals surface area contributed by atoms with Gasteiger partial charge in [-0.15, -0.1) is 0 Å². The highest BCUT2D eigenvalue weighted by molar-refractivity contribution is 5.94. The summed E-state index contributed by atoms with van der Waals surface area (Å²) in [5.41, 5.74) is 6.59. The monoisotopic (exact) mass is 267 g/mol. The van der Waals surface area contributed by atoms with Crippen LogP contribution in [0.1, 0.15) is 27.0 Å². The Labute approximate surface area is 118 Å². The molecule has 0 aromatic heterocycles. The van der Waals surface area contributed by atoms with E-state index < -0.39 is 0 Å². The van der Waals surface area contributed by atoms with Crippen LogP contribution >= 0.6 is 0 Å². The van der Waals surface area contributed by atoms with Crippen molar-refractivity contribution < 1.29 is 4.79 Å². The van der Waals surface area contributed by atoms with Crippen molar-refractivity contribution in [3.05, 3.63) is 70.8 Å². The van der Waals surface area contributed by atoms with E-state index in [-0.39, 0.29) is 5.91 Å². The average molecular weight is 267 g/mol. The molecule has 0 bridgehead atoms. The number of benzene rings is 2. The number of carbonyl (C=O) groups excluding carboxylic acids is 1. The fourth-order valence-corrected chi connectivity index (χ4v) is 2.64. The van der Waals surface area contributed by atoms with Crippen LogP contribution in [0, 0.1) is 0 Å². The molecule has 0 saturated heterocycles. The fourth-order valence-electron chi connectivity index (χ4n) is 2.64. The van der Waals surface area contributed by atoms with E-state index >= 15 is 0 Å². The normalized spacial score (nSPS) is 14.1. The molecule has 3 rings (SSSR count). The summed E-state index contributed by atoms with van der Waals surface area (Å²) in [6, 6.07) is 16.2. The molecule has 4 heteroatoms. The molecule has 0 saturated carbocycles. The van der Waals surface area contributed by atoms with Gasteiger partial charge in [0.1, 0.15) is 0 Å². The van der Waals surface area contributed by atoms with Crippen LogP contribution in [0.15, 0.2) is 48.5 Å². The first kappa shape index (κ1) is 12.8. The number of nitrogens with zero attached hydrogens (tertiary/aromatic N) is 1. The van der Waals surface area contributed by atoms with Gasteiger partial charge in [0, 0.05) is 25.2 Å². The van der Waals surface area contributed by atoms with E-state index in [1.807, 2.05) is 24.3 Å². The van der Waals surface area contributed by atoms with Gasteiger partial charge in [-0.1, -0.05) is 36.4 Å². The van der Waals surface area contributed by atoms with Crippen molar-refractivity contribution in [2.45, 2.75) is 19.6 Å². The first-order valence-electron chi connectivity index (χ1n) is 6.65. The van der Waals surface area contributed by atoms with Gasteiger partial charge in [0.2, 0.25) is 0 Å². The molecule has 2 aromatic carbocycles. The van der Waals surface area contributed by atoms with Crippen LogP contribution in [0.5, 0.6) is 0 Å². The number of nitrogens with one attached hydrogen (secondary N) is 1. The van der Waals surface area contributed by atoms with Gasteiger partial charge >= 0.3 is 0 Å². The maximum atomic E-state index is 11.5. The van der Waals surface area contributed by atoms with Crippen molar-refractivity contribution in [3.8, 4) is 0 Å². The minimum absolute atomic E-state index is 0.241. The lowest BCUT2D eigenvalue weighted by Crippen LogP contribution is -2.30. The Bertz CT molecular complexity index is 625. The highest BCUT2D eigenvalue weighted by Crippen LogP contribution is 2.25. The highest BCUT2D eigenvalue weighted by Gasteiger charge is 2.20. The summed E-state index contributed by atoms with van der Waals surface area (Å²) in [7, 11) is 0. The van der Waals surface area contributed by atoms with E-state index in [0.29, 0.717) is 5.56 Å². The second-order valence-electron chi connectivity index (χ2n) is 5.09. The highest BCUT2D eigenvalue weighted by atomic mass is 16.2. The lowest BCUT2D eigenvalue weighted by molar-refractivity contribution is 0.0953. The third-order valence-electron chi connectivity index (χ3n) is 3.64. The molecule has 1 heterocycles. The van der Waals surface area contributed by atoms with Crippen LogP contribution in [0.25, 0.3) is 0 Å². The summed E-state index contributed by atoms with van der Waals surface area (Å²) in [6.07, 6.45) is 0. The molecular weight excluding hydrogens is 250 g/mol. The molecule has 0 unspecified atom stereocenters. The Kier molecular flexibility index (Phi) is 3.50. The maximum Gasteiger partial charge on any atom is 0.265 e. The number of rotatable bonds is 3. The van der Waals surface area contributed by atoms with Crippen LogP contribution in [0.3, 0.4) is 0 Å². The maximum absolute atomic E-state index is 11.5. The number of amides is 1. The molecule has 0 atom stereocenters. The molecule has 1 aliphatic heterocycles. The van der Waals surface area contributed by atoms with Crippen LogP contribution in [0.2, 0.25) is 0 Å². The number of fused-ring (bicyclic) bond motifs is 1. The van der Waals surface area contributed by atoms with Crippen molar-refractivity contribution in [1.82, 2.24) is 10.3 Å². The Morgan fingerprint density at radius 1 is 1.10 bits per heavy atom. The molecule has 1 aliphatic rings. The average Bonchev–Trinajstić information content (AvgIpc) is 2.88. The smallest absolute Gasteiger partial charge is 0.265 e. The van der Waals surface area contributed by atoms with Crippen LogP contribution in [-0.2, 0) is 19.6 Å². The zero-order valence-corrected chi connectivity index (χ0v) is 11.2. The SMILES string of the molecule is NNC(=O)c1ccc2c(c1)CN(Cc1ccccc1)C2. The second-order valence-corrected chi connectivity index (χ2v) is 5.09. The van der Waals surface area contributed by atoms with Gasteiger partial charge in [0.15, 0.2) is 0 Å². The summed E-state index contributed by atoms with van der Waals surface area (Å²) in [5, 5.41) is 0. The largest absolute Gasteiger partial charge is 0.291 e. The molecule has 4 nitrogen and oxygen atoms in total. The topological polar surface area (TPSA) is 58.4 Å². The van der Waals surface area contributed by atoms with Crippen molar-refractivity contribution in [2.75, 3.05) is 0 Å². The quantitative estimate of drug-likeness (QED) is 0.506. The van der Waals surface area contributed by atoms with Gasteiger partial charge < -0.3 is 0 Å². The van der Waals surface area contributed by atoms with Gasteiger partial charge in [-0.05, 0) is 28.8 Å². The minimum atomic E-state index is -0.241. The van der Waals surface area contributed by atoms with Crippen molar-refractivity contribution in [3.63, 3.8) is 0 Å². The molecule has 102 valence electrons. The number of nitrogens with two attached hydrogens (primary N) is 1. The molecule has 0 radical (unpaired) electrons. The molecule has 20 heavy (non-hydrogen) atoms. The molecule has 3 N–H and O–H groups in total. The zero-order chi connectivity index (χ0) is 13.9. The predicted molar refractivity (Wildman–Crippen MR) is 77.5 cm³/mol. The first-order chi connectivity index (χ1) is 9.76. The van der Waals surface area contributed by atoms with Crippen LogP contribution in [0.4, 0.5) is 0 Å². The number of hydrazine groups is 1. The first-order valence-corrected chi connectivity index (χ1v) is 6.65. The van der Waals surface area contributed by atoms with E-state index in [1.54, 1.807) is 0 Å². The number of hydrogen-bond donors (Lipinski definition) is 2. The van der Waals surface area contributed by atoms with Gasteiger partial charge in [0.05, 0.1) is 0 Å². The predicted octanol–water partition coefficient (Wildman–Crippen LogP) is 1.81. The Morgan fingerprint density at radius 2 is 1.85 bits per heavy atom. The molecule has 0 fully saturated rings. The lowest BCUT2D eigenvalue weighted by Gasteiger charge is -2.14. The summed E-state index contributed by atoms with van der Waals surface area (Å²) in [5.74, 6) is 4.93. The number of nitrogen functional groups attached to an aromatic ring is 1. The molecule has 1 amide bonds. The number of hydrogen-bond acceptors (Lipinski definition) is 3. The standard InChI is InChI=1S/C16H17N3O/c17-18-16(20)13-6-7-14-10-19(11-15(14)8-13)9-12-4-2-1-3-5-12/h1-8H,9-11,17H2,(H,18,20). The summed E-state index contributed by atoms with van der Waals surface area (Å²) >= 11 is 0. The third-order valence-corrected chi connectivity index (χ3v) is 3.64. The second kappa shape index (κ2) is 5.45. The van der Waals surface area contributed by atoms with E-state index in [9.17, 15) is 4.79 Å². The Hall–Kier alpha value is -2.17. The lowest BCUT2D eigenvalue weighted by atomic mass is 10.1. The zero-order valence-electron chi connectivity index (χ0n) is 11.2. The summed E-state index contributed by atoms with van der Waals surface area (Å²) < 4.78 is 0. The van der Waals surface area contributed by atoms with E-state index in [0.717, 1.165) is 19.6 Å². The van der Waals surface area contributed by atoms with Gasteiger partial charge in [-0.3, -0.25) is 15.1 Å². The molecule has 0 aliphatic carbocycles. The van der Waals surface area contributed by atoms with E-state index in [1.165, 1.54) is 16.7 Å². The summed E-state index contributed by atoms with van der Waals surface area (Å²) in [6.45, 7) is 2.72. The van der Waals surface area contributed by atoms with Crippen molar-refractivity contribution in [1.29, 1.82) is 0 Å². The van der Waals surface area contributed by atoms with E-state index in [4.69, 9.17) is 5.84 Å². The van der Waals surface area contributed by atoms with Gasteiger partial charge in [0.25, 0.3) is 5.91 Å². The molecule has 2 aromatic rings. The van der Waals surface area contributed by atoms with Gasteiger partial charge in [-0.25, -0.2) is 5.84 Å². The molecule has 0 spiro atoms. The Morgan fingerprint density at radius 3 is 2.60 bits per heavy atom. The van der Waals surface area contributed by atoms with Crippen LogP contribution in [-0.4, -0.2) is 10.8 Å². The van der Waals surface area contributed by atoms with E-state index in [2.05, 4.69) is 34.6 Å². The fraction of sp³-hybridized carbons (Fsp3) is 0.188. The minimum Gasteiger partial charge on any atom is -0.291 e. The Balaban J connectivity index is 1.74. The van der Waals surface area contributed by atoms with Gasteiger partial charge in [-0.2, -0.15) is 0 Å². The third kappa shape index (κ3) is 2.57. The van der Waals surface area contributed by atoms with Crippen LogP contribution < -0.4 is 11.3 Å². The summed E-state index contributed by atoms with van der Waals surface area (Å²) in [4.78, 5) is 13.9. The van der Waals surface area contributed by atoms with Crippen molar-refractivity contribution >= 4 is 5.91 Å². The molecular formula is C16H17N3O. The van der Waals surface area contributed by atoms with Crippen molar-refractivity contribution in [2.24, 2.45) is 5.84 Å². The number of carbonyl (C=O) groups is 1.